The molecular formula is C26H18N2O4. The van der Waals surface area contributed by atoms with Crippen LogP contribution in [-0.2, 0) is 0 Å². The first-order chi connectivity index (χ1) is 15.4. The lowest BCUT2D eigenvalue weighted by Crippen LogP contribution is -1.96. The summed E-state index contributed by atoms with van der Waals surface area (Å²) in [5, 5.41) is 21.1. The van der Waals surface area contributed by atoms with Crippen LogP contribution in [0.25, 0.3) is 10.8 Å². The Balaban J connectivity index is 1.89. The lowest BCUT2D eigenvalue weighted by Gasteiger charge is -2.16. The monoisotopic (exact) mass is 422 g/mol. The standard InChI is InChI=1S/C26H18N2O4/c1-3-15-12-20-19(6-5-7-25(20)31-16-8-10-21(27)23(29)13-16)26(18(15)4-2)32-17-9-11-22(28)24(30)14-17/h1-2,5-14,29-30H,27-28H2. The second kappa shape index (κ2) is 8.06. The predicted molar refractivity (Wildman–Crippen MR) is 125 cm³/mol. The van der Waals surface area contributed by atoms with Gasteiger partial charge in [0.05, 0.1) is 16.9 Å². The molecule has 0 bridgehead atoms. The SMILES string of the molecule is C#Cc1cc2c(Oc3ccc(N)c(O)c3)cccc2c(Oc2ccc(N)c(O)c2)c1C#C. The molecule has 4 rings (SSSR count). The fourth-order valence-corrected chi connectivity index (χ4v) is 3.24. The summed E-state index contributed by atoms with van der Waals surface area (Å²) in [4.78, 5) is 0. The number of terminal acetylenes is 2. The van der Waals surface area contributed by atoms with Gasteiger partial charge in [0.1, 0.15) is 28.7 Å². The van der Waals surface area contributed by atoms with Crippen molar-refractivity contribution in [3.05, 3.63) is 71.8 Å². The summed E-state index contributed by atoms with van der Waals surface area (Å²) in [6, 6.07) is 16.2. The van der Waals surface area contributed by atoms with Crippen LogP contribution < -0.4 is 20.9 Å². The minimum atomic E-state index is -0.116. The van der Waals surface area contributed by atoms with Crippen LogP contribution in [0, 0.1) is 24.7 Å². The van der Waals surface area contributed by atoms with E-state index in [9.17, 15) is 10.2 Å². The number of fused-ring (bicyclic) bond motifs is 1. The number of benzene rings is 4. The molecule has 0 heterocycles. The fourth-order valence-electron chi connectivity index (χ4n) is 3.24. The van der Waals surface area contributed by atoms with Gasteiger partial charge in [-0.05, 0) is 36.4 Å². The number of hydrogen-bond donors (Lipinski definition) is 4. The maximum absolute atomic E-state index is 9.94. The normalized spacial score (nSPS) is 10.3. The molecule has 6 heteroatoms. The van der Waals surface area contributed by atoms with Crippen molar-refractivity contribution in [3.63, 3.8) is 0 Å². The molecular weight excluding hydrogens is 404 g/mol. The smallest absolute Gasteiger partial charge is 0.152 e. The molecule has 0 saturated carbocycles. The van der Waals surface area contributed by atoms with Gasteiger partial charge in [0.25, 0.3) is 0 Å². The Morgan fingerprint density at radius 2 is 1.34 bits per heavy atom. The van der Waals surface area contributed by atoms with Crippen molar-refractivity contribution >= 4 is 22.1 Å². The van der Waals surface area contributed by atoms with Crippen LogP contribution in [0.3, 0.4) is 0 Å². The predicted octanol–water partition coefficient (Wildman–Crippen LogP) is 4.96. The van der Waals surface area contributed by atoms with Gasteiger partial charge in [-0.15, -0.1) is 12.8 Å². The lowest BCUT2D eigenvalue weighted by molar-refractivity contribution is 0.456. The van der Waals surface area contributed by atoms with E-state index < -0.39 is 0 Å². The number of nitrogen functional groups attached to an aromatic ring is 2. The first-order valence-electron chi connectivity index (χ1n) is 9.47. The number of nitrogens with two attached hydrogens (primary N) is 2. The highest BCUT2D eigenvalue weighted by molar-refractivity contribution is 5.97. The third-order valence-electron chi connectivity index (χ3n) is 4.85. The van der Waals surface area contributed by atoms with Gasteiger partial charge in [-0.1, -0.05) is 24.0 Å². The highest BCUT2D eigenvalue weighted by Crippen LogP contribution is 2.41. The topological polar surface area (TPSA) is 111 Å². The van der Waals surface area contributed by atoms with Gasteiger partial charge < -0.3 is 31.2 Å². The largest absolute Gasteiger partial charge is 0.506 e. The number of aromatic hydroxyl groups is 2. The first-order valence-corrected chi connectivity index (χ1v) is 9.47. The molecule has 0 radical (unpaired) electrons. The van der Waals surface area contributed by atoms with Crippen LogP contribution in [0.2, 0.25) is 0 Å². The summed E-state index contributed by atoms with van der Waals surface area (Å²) in [5.41, 5.74) is 12.6. The molecule has 0 spiro atoms. The number of phenolic OH excluding ortho intramolecular Hbond substituents is 2. The molecule has 6 nitrogen and oxygen atoms in total. The van der Waals surface area contributed by atoms with E-state index in [2.05, 4.69) is 11.8 Å². The zero-order valence-electron chi connectivity index (χ0n) is 16.8. The van der Waals surface area contributed by atoms with E-state index in [1.54, 1.807) is 36.4 Å². The molecule has 4 aromatic rings. The van der Waals surface area contributed by atoms with E-state index in [1.807, 2.05) is 6.07 Å². The van der Waals surface area contributed by atoms with Crippen molar-refractivity contribution in [2.45, 2.75) is 0 Å². The van der Waals surface area contributed by atoms with Gasteiger partial charge in [-0.2, -0.15) is 0 Å². The van der Waals surface area contributed by atoms with Crippen molar-refractivity contribution in [3.8, 4) is 59.2 Å². The summed E-state index contributed by atoms with van der Waals surface area (Å²) in [7, 11) is 0. The molecule has 6 N–H and O–H groups in total. The summed E-state index contributed by atoms with van der Waals surface area (Å²) >= 11 is 0. The molecule has 156 valence electrons. The third-order valence-corrected chi connectivity index (χ3v) is 4.85. The van der Waals surface area contributed by atoms with Crippen LogP contribution in [0.15, 0.2) is 60.7 Å². The molecule has 0 aliphatic heterocycles. The number of phenols is 2. The summed E-state index contributed by atoms with van der Waals surface area (Å²) in [5.74, 6) is 6.51. The molecule has 0 atom stereocenters. The van der Waals surface area contributed by atoms with Crippen LogP contribution in [0.5, 0.6) is 34.5 Å². The Morgan fingerprint density at radius 1 is 0.719 bits per heavy atom. The van der Waals surface area contributed by atoms with Crippen molar-refractivity contribution < 1.29 is 19.7 Å². The fraction of sp³-hybridized carbons (Fsp3) is 0. The Labute approximate surface area is 184 Å². The zero-order chi connectivity index (χ0) is 22.8. The molecule has 0 saturated heterocycles. The van der Waals surface area contributed by atoms with Gasteiger partial charge >= 0.3 is 0 Å². The summed E-state index contributed by atoms with van der Waals surface area (Å²) < 4.78 is 12.1. The van der Waals surface area contributed by atoms with Gasteiger partial charge in [0, 0.05) is 28.5 Å². The average molecular weight is 422 g/mol. The maximum atomic E-state index is 9.94. The van der Waals surface area contributed by atoms with Gasteiger partial charge in [-0.25, -0.2) is 0 Å². The quantitative estimate of drug-likeness (QED) is 0.210. The van der Waals surface area contributed by atoms with E-state index in [4.69, 9.17) is 33.8 Å². The maximum Gasteiger partial charge on any atom is 0.152 e. The highest BCUT2D eigenvalue weighted by Gasteiger charge is 2.17. The summed E-state index contributed by atoms with van der Waals surface area (Å²) in [6.07, 6.45) is 11.5. The second-order valence-corrected chi connectivity index (χ2v) is 6.91. The van der Waals surface area contributed by atoms with Crippen LogP contribution >= 0.6 is 0 Å². The van der Waals surface area contributed by atoms with Crippen molar-refractivity contribution in [1.82, 2.24) is 0 Å². The van der Waals surface area contributed by atoms with Gasteiger partial charge in [-0.3, -0.25) is 0 Å². The molecule has 4 aromatic carbocycles. The molecule has 0 fully saturated rings. The first kappa shape index (κ1) is 20.3. The second-order valence-electron chi connectivity index (χ2n) is 6.91. The van der Waals surface area contributed by atoms with Gasteiger partial charge in [0.15, 0.2) is 5.75 Å². The van der Waals surface area contributed by atoms with E-state index in [-0.39, 0.29) is 22.9 Å². The Kier molecular flexibility index (Phi) is 5.12. The minimum absolute atomic E-state index is 0.0890. The van der Waals surface area contributed by atoms with E-state index >= 15 is 0 Å². The molecule has 0 aromatic heterocycles. The molecule has 32 heavy (non-hydrogen) atoms. The van der Waals surface area contributed by atoms with Crippen LogP contribution in [0.4, 0.5) is 11.4 Å². The Bertz CT molecular complexity index is 1450. The number of hydrogen-bond acceptors (Lipinski definition) is 6. The van der Waals surface area contributed by atoms with Crippen LogP contribution in [0.1, 0.15) is 11.1 Å². The number of ether oxygens (including phenoxy) is 2. The van der Waals surface area contributed by atoms with E-state index in [0.717, 1.165) is 0 Å². The highest BCUT2D eigenvalue weighted by atomic mass is 16.5. The lowest BCUT2D eigenvalue weighted by atomic mass is 9.99. The average Bonchev–Trinajstić information content (AvgIpc) is 2.78. The third kappa shape index (κ3) is 3.65. The molecule has 0 aliphatic rings. The van der Waals surface area contributed by atoms with Gasteiger partial charge in [0.2, 0.25) is 0 Å². The van der Waals surface area contributed by atoms with Crippen molar-refractivity contribution in [2.24, 2.45) is 0 Å². The van der Waals surface area contributed by atoms with E-state index in [1.165, 1.54) is 18.2 Å². The van der Waals surface area contributed by atoms with Crippen LogP contribution in [-0.4, -0.2) is 10.2 Å². The number of rotatable bonds is 4. The molecule has 0 amide bonds. The molecule has 0 unspecified atom stereocenters. The zero-order valence-corrected chi connectivity index (χ0v) is 16.8. The Morgan fingerprint density at radius 3 is 1.91 bits per heavy atom. The van der Waals surface area contributed by atoms with Crippen molar-refractivity contribution in [1.29, 1.82) is 0 Å². The van der Waals surface area contributed by atoms with E-state index in [0.29, 0.717) is 44.9 Å². The van der Waals surface area contributed by atoms with Crippen molar-refractivity contribution in [2.75, 3.05) is 11.5 Å². The molecule has 0 aliphatic carbocycles. The Hall–Kier alpha value is -4.94. The minimum Gasteiger partial charge on any atom is -0.506 e. The number of anilines is 2. The summed E-state index contributed by atoms with van der Waals surface area (Å²) in [6.45, 7) is 0.